The van der Waals surface area contributed by atoms with Crippen LogP contribution < -0.4 is 14.8 Å². The van der Waals surface area contributed by atoms with Gasteiger partial charge in [0.15, 0.2) is 17.6 Å². The molecule has 7 nitrogen and oxygen atoms in total. The van der Waals surface area contributed by atoms with Gasteiger partial charge in [0.1, 0.15) is 5.82 Å². The maximum absolute atomic E-state index is 12.4. The highest BCUT2D eigenvalue weighted by atomic mass is 35.5. The number of pyridine rings is 1. The minimum atomic E-state index is -1.05. The van der Waals surface area contributed by atoms with Crippen LogP contribution in [0, 0.1) is 0 Å². The van der Waals surface area contributed by atoms with Crippen molar-refractivity contribution in [3.8, 4) is 11.5 Å². The first-order valence-electron chi connectivity index (χ1n) is 8.16. The molecular weight excluding hydrogens is 395 g/mol. The summed E-state index contributed by atoms with van der Waals surface area (Å²) in [5, 5.41) is 3.22. The van der Waals surface area contributed by atoms with Crippen LogP contribution in [0.4, 0.5) is 5.82 Å². The number of carbonyl (C=O) groups is 2. The Morgan fingerprint density at radius 1 is 1.22 bits per heavy atom. The first-order valence-corrected chi connectivity index (χ1v) is 8.92. The Kier molecular flexibility index (Phi) is 6.03. The summed E-state index contributed by atoms with van der Waals surface area (Å²) in [6, 6.07) is 6.03. The van der Waals surface area contributed by atoms with Gasteiger partial charge < -0.3 is 19.5 Å². The molecule has 1 aliphatic heterocycles. The van der Waals surface area contributed by atoms with Crippen molar-refractivity contribution in [2.45, 2.75) is 19.4 Å². The van der Waals surface area contributed by atoms with Gasteiger partial charge in [0, 0.05) is 12.6 Å². The van der Waals surface area contributed by atoms with Gasteiger partial charge in [-0.15, -0.1) is 0 Å². The number of carbonyl (C=O) groups excluding carboxylic acids is 2. The molecule has 1 N–H and O–H groups in total. The fourth-order valence-electron chi connectivity index (χ4n) is 2.31. The van der Waals surface area contributed by atoms with Gasteiger partial charge in [0.2, 0.25) is 0 Å². The molecule has 3 rings (SSSR count). The van der Waals surface area contributed by atoms with Crippen molar-refractivity contribution < 1.29 is 23.8 Å². The van der Waals surface area contributed by atoms with Crippen molar-refractivity contribution in [2.75, 3.05) is 18.5 Å². The van der Waals surface area contributed by atoms with Crippen molar-refractivity contribution in [2.24, 2.45) is 0 Å². The van der Waals surface area contributed by atoms with E-state index in [4.69, 9.17) is 37.4 Å². The number of fused-ring (bicyclic) bond motifs is 1. The summed E-state index contributed by atoms with van der Waals surface area (Å²) in [7, 11) is 0. The Bertz CT molecular complexity index is 858. The molecule has 1 aromatic carbocycles. The lowest BCUT2D eigenvalue weighted by molar-refractivity contribution is -0.123. The maximum atomic E-state index is 12.4. The molecule has 9 heteroatoms. The van der Waals surface area contributed by atoms with Crippen LogP contribution >= 0.6 is 23.2 Å². The predicted molar refractivity (Wildman–Crippen MR) is 99.8 cm³/mol. The van der Waals surface area contributed by atoms with Crippen LogP contribution in [0.1, 0.15) is 23.7 Å². The van der Waals surface area contributed by atoms with Gasteiger partial charge >= 0.3 is 5.97 Å². The van der Waals surface area contributed by atoms with E-state index in [9.17, 15) is 9.59 Å². The average molecular weight is 411 g/mol. The Morgan fingerprint density at radius 2 is 2.00 bits per heavy atom. The van der Waals surface area contributed by atoms with E-state index in [2.05, 4.69) is 10.3 Å². The quantitative estimate of drug-likeness (QED) is 0.772. The maximum Gasteiger partial charge on any atom is 0.339 e. The largest absolute Gasteiger partial charge is 0.489 e. The third kappa shape index (κ3) is 4.81. The van der Waals surface area contributed by atoms with Gasteiger partial charge in [-0.1, -0.05) is 23.2 Å². The number of ether oxygens (including phenoxy) is 3. The third-order valence-electron chi connectivity index (χ3n) is 3.67. The van der Waals surface area contributed by atoms with E-state index in [0.717, 1.165) is 0 Å². The molecular formula is C18H16Cl2N2O5. The van der Waals surface area contributed by atoms with E-state index in [-0.39, 0.29) is 10.6 Å². The lowest BCUT2D eigenvalue weighted by atomic mass is 10.2. The van der Waals surface area contributed by atoms with Gasteiger partial charge in [0.25, 0.3) is 5.91 Å². The number of hydrogen-bond acceptors (Lipinski definition) is 6. The average Bonchev–Trinajstić information content (AvgIpc) is 2.89. The van der Waals surface area contributed by atoms with E-state index >= 15 is 0 Å². The molecule has 1 amide bonds. The number of aromatic nitrogens is 1. The van der Waals surface area contributed by atoms with Gasteiger partial charge in [-0.05, 0) is 31.2 Å². The molecule has 0 saturated heterocycles. The monoisotopic (exact) mass is 410 g/mol. The Labute approximate surface area is 165 Å². The molecule has 0 radical (unpaired) electrons. The second-order valence-corrected chi connectivity index (χ2v) is 6.58. The van der Waals surface area contributed by atoms with Crippen molar-refractivity contribution in [3.63, 3.8) is 0 Å². The fraction of sp³-hybridized carbons (Fsp3) is 0.278. The van der Waals surface area contributed by atoms with Crippen molar-refractivity contribution in [1.29, 1.82) is 0 Å². The SMILES string of the molecule is C[C@@H](OC(=O)c1cc(Cl)c2c(c1)OCCCO2)C(=O)Nc1ccc(Cl)cn1. The summed E-state index contributed by atoms with van der Waals surface area (Å²) in [6.07, 6.45) is 1.05. The Morgan fingerprint density at radius 3 is 2.74 bits per heavy atom. The number of esters is 1. The Balaban J connectivity index is 1.67. The van der Waals surface area contributed by atoms with Crippen molar-refractivity contribution in [1.82, 2.24) is 4.98 Å². The number of amides is 1. The van der Waals surface area contributed by atoms with Crippen LogP contribution in [0.3, 0.4) is 0 Å². The first-order chi connectivity index (χ1) is 12.9. The molecule has 1 atom stereocenters. The normalized spacial score (nSPS) is 14.0. The number of hydrogen-bond donors (Lipinski definition) is 1. The topological polar surface area (TPSA) is 86.8 Å². The number of benzene rings is 1. The van der Waals surface area contributed by atoms with Crippen molar-refractivity contribution >= 4 is 40.9 Å². The predicted octanol–water partition coefficient (Wildman–Crippen LogP) is 3.73. The highest BCUT2D eigenvalue weighted by molar-refractivity contribution is 6.32. The smallest absolute Gasteiger partial charge is 0.339 e. The van der Waals surface area contributed by atoms with Gasteiger partial charge in [-0.3, -0.25) is 4.79 Å². The minimum absolute atomic E-state index is 0.161. The van der Waals surface area contributed by atoms with E-state index in [0.29, 0.717) is 42.0 Å². The number of nitrogens with one attached hydrogen (secondary N) is 1. The van der Waals surface area contributed by atoms with Crippen LogP contribution in [0.2, 0.25) is 10.0 Å². The first kappa shape index (κ1) is 19.3. The molecule has 0 aliphatic carbocycles. The lowest BCUT2D eigenvalue weighted by Crippen LogP contribution is -2.30. The second-order valence-electron chi connectivity index (χ2n) is 5.73. The number of anilines is 1. The highest BCUT2D eigenvalue weighted by Crippen LogP contribution is 2.38. The molecule has 0 fully saturated rings. The molecule has 1 aliphatic rings. The number of nitrogens with zero attached hydrogens (tertiary/aromatic N) is 1. The summed E-state index contributed by atoms with van der Waals surface area (Å²) in [5.41, 5.74) is 0.161. The zero-order chi connectivity index (χ0) is 19.4. The molecule has 0 spiro atoms. The van der Waals surface area contributed by atoms with E-state index in [1.807, 2.05) is 0 Å². The summed E-state index contributed by atoms with van der Waals surface area (Å²) in [6.45, 7) is 2.38. The van der Waals surface area contributed by atoms with Crippen LogP contribution in [0.5, 0.6) is 11.5 Å². The molecule has 142 valence electrons. The molecule has 0 saturated carbocycles. The summed E-state index contributed by atoms with van der Waals surface area (Å²) in [5.74, 6) is -0.177. The fourth-order valence-corrected chi connectivity index (χ4v) is 2.69. The van der Waals surface area contributed by atoms with Gasteiger partial charge in [-0.25, -0.2) is 9.78 Å². The molecule has 1 aromatic heterocycles. The Hall–Kier alpha value is -2.51. The number of halogens is 2. The molecule has 2 heterocycles. The lowest BCUT2D eigenvalue weighted by Gasteiger charge is -2.15. The molecule has 2 aromatic rings. The molecule has 0 bridgehead atoms. The zero-order valence-corrected chi connectivity index (χ0v) is 15.8. The zero-order valence-electron chi connectivity index (χ0n) is 14.3. The summed E-state index contributed by atoms with van der Waals surface area (Å²) >= 11 is 11.9. The number of rotatable bonds is 4. The molecule has 27 heavy (non-hydrogen) atoms. The van der Waals surface area contributed by atoms with Crippen LogP contribution in [0.25, 0.3) is 0 Å². The van der Waals surface area contributed by atoms with Crippen LogP contribution in [0.15, 0.2) is 30.5 Å². The standard InChI is InChI=1S/C18H16Cl2N2O5/c1-10(17(23)22-15-4-3-12(19)9-21-15)27-18(24)11-7-13(20)16-14(8-11)25-5-2-6-26-16/h3-4,7-10H,2,5-6H2,1H3,(H,21,22,23)/t10-/m1/s1. The van der Waals surface area contributed by atoms with Crippen LogP contribution in [-0.4, -0.2) is 36.2 Å². The van der Waals surface area contributed by atoms with Gasteiger partial charge in [0.05, 0.1) is 28.8 Å². The second kappa shape index (κ2) is 8.45. The highest BCUT2D eigenvalue weighted by Gasteiger charge is 2.23. The molecule has 0 unspecified atom stereocenters. The summed E-state index contributed by atoms with van der Waals surface area (Å²) < 4.78 is 16.3. The van der Waals surface area contributed by atoms with Gasteiger partial charge in [-0.2, -0.15) is 0 Å². The van der Waals surface area contributed by atoms with E-state index < -0.39 is 18.0 Å². The third-order valence-corrected chi connectivity index (χ3v) is 4.17. The summed E-state index contributed by atoms with van der Waals surface area (Å²) in [4.78, 5) is 28.5. The minimum Gasteiger partial charge on any atom is -0.489 e. The van der Waals surface area contributed by atoms with Crippen LogP contribution in [-0.2, 0) is 9.53 Å². The van der Waals surface area contributed by atoms with Crippen molar-refractivity contribution in [3.05, 3.63) is 46.1 Å². The van der Waals surface area contributed by atoms with E-state index in [1.165, 1.54) is 25.3 Å². The van der Waals surface area contributed by atoms with E-state index in [1.54, 1.807) is 12.1 Å².